The zero-order chi connectivity index (χ0) is 16.0. The number of hydrogen-bond acceptors (Lipinski definition) is 3. The Balaban J connectivity index is 2.59. The average Bonchev–Trinajstić information content (AvgIpc) is 2.73. The Labute approximate surface area is 125 Å². The highest BCUT2D eigenvalue weighted by Gasteiger charge is 2.21. The van der Waals surface area contributed by atoms with Gasteiger partial charge in [-0.25, -0.2) is 4.79 Å². The van der Waals surface area contributed by atoms with Gasteiger partial charge in [-0.3, -0.25) is 9.48 Å². The molecule has 2 N–H and O–H groups in total. The lowest BCUT2D eigenvalue weighted by Crippen LogP contribution is -2.41. The van der Waals surface area contributed by atoms with Crippen LogP contribution in [0.2, 0.25) is 0 Å². The molecule has 0 aromatic carbocycles. The van der Waals surface area contributed by atoms with Crippen LogP contribution in [0.5, 0.6) is 0 Å². The normalized spacial score (nSPS) is 13.7. The number of rotatable bonds is 8. The smallest absolute Gasteiger partial charge is 0.326 e. The second kappa shape index (κ2) is 7.81. The summed E-state index contributed by atoms with van der Waals surface area (Å²) in [6.07, 6.45) is 2.37. The molecule has 0 aliphatic carbocycles. The van der Waals surface area contributed by atoms with E-state index in [-0.39, 0.29) is 18.4 Å². The summed E-state index contributed by atoms with van der Waals surface area (Å²) < 4.78 is 1.80. The molecule has 1 aromatic rings. The van der Waals surface area contributed by atoms with E-state index >= 15 is 0 Å². The molecule has 0 fully saturated rings. The molecule has 118 valence electrons. The van der Waals surface area contributed by atoms with Crippen molar-refractivity contribution in [2.45, 2.75) is 65.5 Å². The van der Waals surface area contributed by atoms with Crippen molar-refractivity contribution in [3.05, 3.63) is 17.5 Å². The van der Waals surface area contributed by atoms with Gasteiger partial charge in [-0.2, -0.15) is 5.10 Å². The first-order valence-corrected chi connectivity index (χ1v) is 7.40. The van der Waals surface area contributed by atoms with Crippen molar-refractivity contribution >= 4 is 11.9 Å². The molecule has 6 heteroatoms. The van der Waals surface area contributed by atoms with Gasteiger partial charge in [0.2, 0.25) is 5.91 Å². The second-order valence-electron chi connectivity index (χ2n) is 5.53. The van der Waals surface area contributed by atoms with Gasteiger partial charge in [-0.15, -0.1) is 0 Å². The SMILES string of the molecule is CCCCC(NC(=O)CC(C)n1nc(C)cc1C)C(=O)O. The van der Waals surface area contributed by atoms with Crippen LogP contribution in [-0.4, -0.2) is 32.8 Å². The quantitative estimate of drug-likeness (QED) is 0.770. The lowest BCUT2D eigenvalue weighted by atomic mass is 10.1. The van der Waals surface area contributed by atoms with Crippen LogP contribution >= 0.6 is 0 Å². The third-order valence-corrected chi connectivity index (χ3v) is 3.42. The van der Waals surface area contributed by atoms with Crippen molar-refractivity contribution in [3.63, 3.8) is 0 Å². The van der Waals surface area contributed by atoms with E-state index in [0.717, 1.165) is 24.2 Å². The van der Waals surface area contributed by atoms with Crippen LogP contribution in [-0.2, 0) is 9.59 Å². The van der Waals surface area contributed by atoms with Gasteiger partial charge in [0.05, 0.1) is 11.7 Å². The zero-order valence-corrected chi connectivity index (χ0v) is 13.2. The number of aryl methyl sites for hydroxylation is 2. The molecular weight excluding hydrogens is 270 g/mol. The molecule has 0 saturated heterocycles. The fourth-order valence-corrected chi connectivity index (χ4v) is 2.37. The van der Waals surface area contributed by atoms with Crippen LogP contribution in [0.4, 0.5) is 0 Å². The zero-order valence-electron chi connectivity index (χ0n) is 13.2. The van der Waals surface area contributed by atoms with E-state index in [1.54, 1.807) is 4.68 Å². The molecule has 0 bridgehead atoms. The first-order chi connectivity index (χ1) is 9.85. The number of hydrogen-bond donors (Lipinski definition) is 2. The highest BCUT2D eigenvalue weighted by molar-refractivity contribution is 5.83. The summed E-state index contributed by atoms with van der Waals surface area (Å²) in [6.45, 7) is 7.74. The Morgan fingerprint density at radius 3 is 2.57 bits per heavy atom. The largest absolute Gasteiger partial charge is 0.480 e. The predicted octanol–water partition coefficient (Wildman–Crippen LogP) is 2.21. The maximum Gasteiger partial charge on any atom is 0.326 e. The van der Waals surface area contributed by atoms with Crippen LogP contribution in [0.15, 0.2) is 6.07 Å². The topological polar surface area (TPSA) is 84.2 Å². The summed E-state index contributed by atoms with van der Waals surface area (Å²) >= 11 is 0. The monoisotopic (exact) mass is 295 g/mol. The highest BCUT2D eigenvalue weighted by Crippen LogP contribution is 2.14. The Morgan fingerprint density at radius 2 is 2.10 bits per heavy atom. The van der Waals surface area contributed by atoms with E-state index in [4.69, 9.17) is 5.11 Å². The van der Waals surface area contributed by atoms with Crippen molar-refractivity contribution in [2.75, 3.05) is 0 Å². The standard InChI is InChI=1S/C15H25N3O3/c1-5-6-7-13(15(20)21)16-14(19)9-12(4)18-11(3)8-10(2)17-18/h8,12-13H,5-7,9H2,1-4H3,(H,16,19)(H,20,21). The summed E-state index contributed by atoms with van der Waals surface area (Å²) in [5, 5.41) is 16.1. The highest BCUT2D eigenvalue weighted by atomic mass is 16.4. The lowest BCUT2D eigenvalue weighted by Gasteiger charge is -2.17. The third-order valence-electron chi connectivity index (χ3n) is 3.42. The number of aliphatic carboxylic acids is 1. The number of carboxylic acid groups (broad SMARTS) is 1. The molecule has 1 aromatic heterocycles. The fourth-order valence-electron chi connectivity index (χ4n) is 2.37. The minimum absolute atomic E-state index is 0.0979. The van der Waals surface area contributed by atoms with Crippen LogP contribution in [0, 0.1) is 13.8 Å². The van der Waals surface area contributed by atoms with Crippen LogP contribution in [0.3, 0.4) is 0 Å². The number of carboxylic acids is 1. The summed E-state index contributed by atoms with van der Waals surface area (Å²) in [5.74, 6) is -1.23. The van der Waals surface area contributed by atoms with E-state index in [0.29, 0.717) is 6.42 Å². The summed E-state index contributed by atoms with van der Waals surface area (Å²) in [6, 6.07) is 1.06. The van der Waals surface area contributed by atoms with E-state index in [1.807, 2.05) is 33.8 Å². The Morgan fingerprint density at radius 1 is 1.43 bits per heavy atom. The Bertz CT molecular complexity index is 496. The van der Waals surface area contributed by atoms with Crippen LogP contribution in [0.25, 0.3) is 0 Å². The number of aromatic nitrogens is 2. The van der Waals surface area contributed by atoms with E-state index in [1.165, 1.54) is 0 Å². The molecule has 0 spiro atoms. The van der Waals surface area contributed by atoms with Crippen molar-refractivity contribution < 1.29 is 14.7 Å². The maximum atomic E-state index is 12.0. The minimum atomic E-state index is -0.976. The van der Waals surface area contributed by atoms with Gasteiger partial charge in [-0.1, -0.05) is 19.8 Å². The first kappa shape index (κ1) is 17.2. The Kier molecular flexibility index (Phi) is 6.39. The number of amides is 1. The molecule has 21 heavy (non-hydrogen) atoms. The number of carbonyl (C=O) groups excluding carboxylic acids is 1. The third kappa shape index (κ3) is 5.21. The van der Waals surface area contributed by atoms with Crippen LogP contribution in [0.1, 0.15) is 57.0 Å². The molecule has 0 radical (unpaired) electrons. The van der Waals surface area contributed by atoms with Gasteiger partial charge in [0, 0.05) is 12.1 Å². The van der Waals surface area contributed by atoms with E-state index in [9.17, 15) is 9.59 Å². The summed E-state index contributed by atoms with van der Waals surface area (Å²) in [4.78, 5) is 23.1. The number of nitrogens with zero attached hydrogens (tertiary/aromatic N) is 2. The van der Waals surface area contributed by atoms with Crippen molar-refractivity contribution in [2.24, 2.45) is 0 Å². The number of nitrogens with one attached hydrogen (secondary N) is 1. The molecule has 0 aliphatic heterocycles. The van der Waals surface area contributed by atoms with Crippen molar-refractivity contribution in [1.82, 2.24) is 15.1 Å². The molecular formula is C15H25N3O3. The minimum Gasteiger partial charge on any atom is -0.480 e. The molecule has 1 amide bonds. The van der Waals surface area contributed by atoms with Gasteiger partial charge in [0.25, 0.3) is 0 Å². The molecule has 1 heterocycles. The first-order valence-electron chi connectivity index (χ1n) is 7.40. The van der Waals surface area contributed by atoms with Gasteiger partial charge in [0.1, 0.15) is 6.04 Å². The molecule has 6 nitrogen and oxygen atoms in total. The van der Waals surface area contributed by atoms with E-state index in [2.05, 4.69) is 10.4 Å². The molecule has 2 unspecified atom stereocenters. The average molecular weight is 295 g/mol. The maximum absolute atomic E-state index is 12.0. The van der Waals surface area contributed by atoms with Gasteiger partial charge in [0.15, 0.2) is 0 Å². The van der Waals surface area contributed by atoms with Gasteiger partial charge < -0.3 is 10.4 Å². The van der Waals surface area contributed by atoms with Crippen molar-refractivity contribution in [1.29, 1.82) is 0 Å². The van der Waals surface area contributed by atoms with Crippen molar-refractivity contribution in [3.8, 4) is 0 Å². The summed E-state index contributed by atoms with van der Waals surface area (Å²) in [7, 11) is 0. The lowest BCUT2D eigenvalue weighted by molar-refractivity contribution is -0.142. The molecule has 1 rings (SSSR count). The fraction of sp³-hybridized carbons (Fsp3) is 0.667. The second-order valence-corrected chi connectivity index (χ2v) is 5.53. The predicted molar refractivity (Wildman–Crippen MR) is 80.1 cm³/mol. The number of carbonyl (C=O) groups is 2. The van der Waals surface area contributed by atoms with Crippen LogP contribution < -0.4 is 5.32 Å². The van der Waals surface area contributed by atoms with Gasteiger partial charge in [-0.05, 0) is 33.3 Å². The molecule has 2 atom stereocenters. The molecule has 0 aliphatic rings. The molecule has 0 saturated carbocycles. The van der Waals surface area contributed by atoms with Gasteiger partial charge >= 0.3 is 5.97 Å². The summed E-state index contributed by atoms with van der Waals surface area (Å²) in [5.41, 5.74) is 1.90. The number of unbranched alkanes of at least 4 members (excludes halogenated alkanes) is 1. The Hall–Kier alpha value is -1.85. The van der Waals surface area contributed by atoms with E-state index < -0.39 is 12.0 Å².